The van der Waals surface area contributed by atoms with E-state index in [4.69, 9.17) is 4.52 Å². The van der Waals surface area contributed by atoms with Gasteiger partial charge >= 0.3 is 5.76 Å². The number of aliphatic hydroxyl groups is 1. The Morgan fingerprint density at radius 3 is 2.81 bits per heavy atom. The summed E-state index contributed by atoms with van der Waals surface area (Å²) in [6.07, 6.45) is 9.93. The number of allylic oxidation sites excluding steroid dienone is 2. The summed E-state index contributed by atoms with van der Waals surface area (Å²) in [5, 5.41) is 14.6. The van der Waals surface area contributed by atoms with Gasteiger partial charge in [-0.25, -0.2) is 4.79 Å². The van der Waals surface area contributed by atoms with Gasteiger partial charge in [-0.05, 0) is 44.1 Å². The molecule has 2 unspecified atom stereocenters. The Hall–Kier alpha value is -2.18. The topological polar surface area (TPSA) is 71.5 Å². The normalized spacial score (nSPS) is 24.3. The number of likely N-dealkylation sites (tertiary alicyclic amines) is 1. The molecule has 27 heavy (non-hydrogen) atoms. The highest BCUT2D eigenvalue weighted by Crippen LogP contribution is 2.40. The molecule has 1 saturated heterocycles. The van der Waals surface area contributed by atoms with Gasteiger partial charge in [0.25, 0.3) is 0 Å². The van der Waals surface area contributed by atoms with Crippen molar-refractivity contribution in [3.8, 4) is 11.4 Å². The zero-order valence-corrected chi connectivity index (χ0v) is 15.6. The molecule has 144 valence electrons. The molecule has 1 aliphatic heterocycles. The highest BCUT2D eigenvalue weighted by atomic mass is 16.5. The van der Waals surface area contributed by atoms with Crippen LogP contribution in [0.1, 0.15) is 32.1 Å². The summed E-state index contributed by atoms with van der Waals surface area (Å²) < 4.78 is 6.29. The Morgan fingerprint density at radius 2 is 2.04 bits per heavy atom. The predicted molar refractivity (Wildman–Crippen MR) is 103 cm³/mol. The number of benzene rings is 1. The van der Waals surface area contributed by atoms with Crippen molar-refractivity contribution in [3.63, 3.8) is 0 Å². The summed E-state index contributed by atoms with van der Waals surface area (Å²) in [5.74, 6) is -0.0624. The summed E-state index contributed by atoms with van der Waals surface area (Å²) in [7, 11) is 0. The Kier molecular flexibility index (Phi) is 5.27. The van der Waals surface area contributed by atoms with Crippen molar-refractivity contribution < 1.29 is 9.63 Å². The number of nitrogens with zero attached hydrogens (tertiary/aromatic N) is 3. The standard InChI is InChI=1S/C21H27N3O3/c25-18(14-23-13-7-12-21(16-23)10-5-2-6-11-21)15-24-19(22-27-20(24)26)17-8-3-1-4-9-17/h1-5,8-9,18,25H,6-7,10-16H2. The molecule has 0 bridgehead atoms. The van der Waals surface area contributed by atoms with Gasteiger partial charge in [-0.3, -0.25) is 9.09 Å². The first-order valence-corrected chi connectivity index (χ1v) is 9.83. The van der Waals surface area contributed by atoms with Gasteiger partial charge < -0.3 is 10.0 Å². The monoisotopic (exact) mass is 369 g/mol. The van der Waals surface area contributed by atoms with Gasteiger partial charge in [-0.15, -0.1) is 0 Å². The summed E-state index contributed by atoms with van der Waals surface area (Å²) in [5.41, 5.74) is 1.18. The maximum absolute atomic E-state index is 12.1. The average molecular weight is 369 g/mol. The van der Waals surface area contributed by atoms with Crippen LogP contribution in [0.2, 0.25) is 0 Å². The largest absolute Gasteiger partial charge is 0.441 e. The van der Waals surface area contributed by atoms with Crippen LogP contribution in [0.5, 0.6) is 0 Å². The van der Waals surface area contributed by atoms with Gasteiger partial charge in [-0.1, -0.05) is 47.6 Å². The first kappa shape index (κ1) is 18.2. The second kappa shape index (κ2) is 7.82. The molecule has 6 heteroatoms. The summed E-state index contributed by atoms with van der Waals surface area (Å²) in [6, 6.07) is 9.45. The van der Waals surface area contributed by atoms with E-state index < -0.39 is 11.9 Å². The lowest BCUT2D eigenvalue weighted by atomic mass is 9.71. The maximum atomic E-state index is 12.1. The quantitative estimate of drug-likeness (QED) is 0.821. The summed E-state index contributed by atoms with van der Waals surface area (Å²) in [6.45, 7) is 2.79. The molecule has 4 rings (SSSR count). The molecule has 1 aromatic carbocycles. The Morgan fingerprint density at radius 1 is 1.19 bits per heavy atom. The fraction of sp³-hybridized carbons (Fsp3) is 0.524. The molecular formula is C21H27N3O3. The number of β-amino-alcohol motifs (C(OH)–C–C–N with tert-alkyl or cyclic N) is 1. The van der Waals surface area contributed by atoms with Crippen LogP contribution in [0.25, 0.3) is 11.4 Å². The predicted octanol–water partition coefficient (Wildman–Crippen LogP) is 2.69. The van der Waals surface area contributed by atoms with Crippen LogP contribution in [-0.2, 0) is 6.54 Å². The van der Waals surface area contributed by atoms with Gasteiger partial charge in [0.15, 0.2) is 5.82 Å². The van der Waals surface area contributed by atoms with Crippen LogP contribution < -0.4 is 5.76 Å². The van der Waals surface area contributed by atoms with Gasteiger partial charge in [0.05, 0.1) is 12.6 Å². The van der Waals surface area contributed by atoms with E-state index in [1.807, 2.05) is 30.3 Å². The lowest BCUT2D eigenvalue weighted by molar-refractivity contribution is 0.0338. The third kappa shape index (κ3) is 4.06. The molecule has 2 aliphatic rings. The molecular weight excluding hydrogens is 342 g/mol. The number of hydrogen-bond acceptors (Lipinski definition) is 5. The fourth-order valence-electron chi connectivity index (χ4n) is 4.57. The van der Waals surface area contributed by atoms with E-state index in [0.717, 1.165) is 31.5 Å². The van der Waals surface area contributed by atoms with Gasteiger partial charge in [0.1, 0.15) is 0 Å². The van der Waals surface area contributed by atoms with E-state index in [-0.39, 0.29) is 6.54 Å². The zero-order chi connectivity index (χ0) is 18.7. The molecule has 2 atom stereocenters. The first-order chi connectivity index (χ1) is 13.2. The number of aromatic nitrogens is 2. The van der Waals surface area contributed by atoms with Crippen molar-refractivity contribution in [3.05, 3.63) is 53.0 Å². The molecule has 0 amide bonds. The van der Waals surface area contributed by atoms with E-state index in [1.165, 1.54) is 23.8 Å². The minimum Gasteiger partial charge on any atom is -0.390 e. The molecule has 1 aliphatic carbocycles. The molecule has 0 radical (unpaired) electrons. The molecule has 2 aromatic rings. The number of piperidine rings is 1. The lowest BCUT2D eigenvalue weighted by Gasteiger charge is -2.44. The molecule has 1 N–H and O–H groups in total. The van der Waals surface area contributed by atoms with Crippen molar-refractivity contribution in [2.75, 3.05) is 19.6 Å². The highest BCUT2D eigenvalue weighted by molar-refractivity contribution is 5.54. The maximum Gasteiger partial charge on any atom is 0.441 e. The lowest BCUT2D eigenvalue weighted by Crippen LogP contribution is -2.47. The van der Waals surface area contributed by atoms with E-state index >= 15 is 0 Å². The van der Waals surface area contributed by atoms with Gasteiger partial charge in [0.2, 0.25) is 0 Å². The van der Waals surface area contributed by atoms with Crippen LogP contribution in [0.3, 0.4) is 0 Å². The van der Waals surface area contributed by atoms with Gasteiger partial charge in [-0.2, -0.15) is 0 Å². The average Bonchev–Trinajstić information content (AvgIpc) is 3.03. The Labute approximate surface area is 159 Å². The third-order valence-corrected chi connectivity index (χ3v) is 5.88. The molecule has 1 spiro atoms. The van der Waals surface area contributed by atoms with Crippen molar-refractivity contribution >= 4 is 0 Å². The van der Waals surface area contributed by atoms with E-state index in [2.05, 4.69) is 22.2 Å². The molecule has 1 fully saturated rings. The first-order valence-electron chi connectivity index (χ1n) is 9.83. The summed E-state index contributed by atoms with van der Waals surface area (Å²) in [4.78, 5) is 14.4. The van der Waals surface area contributed by atoms with Crippen LogP contribution in [0.4, 0.5) is 0 Å². The van der Waals surface area contributed by atoms with Crippen molar-refractivity contribution in [2.24, 2.45) is 5.41 Å². The van der Waals surface area contributed by atoms with Crippen LogP contribution >= 0.6 is 0 Å². The third-order valence-electron chi connectivity index (χ3n) is 5.88. The molecule has 6 nitrogen and oxygen atoms in total. The van der Waals surface area contributed by atoms with Crippen LogP contribution in [-0.4, -0.2) is 45.5 Å². The number of aliphatic hydroxyl groups excluding tert-OH is 1. The minimum atomic E-state index is -0.640. The van der Waals surface area contributed by atoms with Gasteiger partial charge in [0, 0.05) is 18.7 Å². The molecule has 0 saturated carbocycles. The Bertz CT molecular complexity index is 842. The smallest absolute Gasteiger partial charge is 0.390 e. The number of rotatable bonds is 5. The number of hydrogen-bond donors (Lipinski definition) is 1. The second-order valence-electron chi connectivity index (χ2n) is 7.96. The Balaban J connectivity index is 1.43. The minimum absolute atomic E-state index is 0.190. The summed E-state index contributed by atoms with van der Waals surface area (Å²) >= 11 is 0. The SMILES string of the molecule is O=c1onc(-c2ccccc2)n1CC(O)CN1CCCC2(CC=CCC2)C1. The highest BCUT2D eigenvalue weighted by Gasteiger charge is 2.35. The zero-order valence-electron chi connectivity index (χ0n) is 15.6. The van der Waals surface area contributed by atoms with E-state index in [1.54, 1.807) is 0 Å². The van der Waals surface area contributed by atoms with E-state index in [0.29, 0.717) is 17.8 Å². The van der Waals surface area contributed by atoms with Crippen molar-refractivity contribution in [1.82, 2.24) is 14.6 Å². The van der Waals surface area contributed by atoms with Crippen molar-refractivity contribution in [2.45, 2.75) is 44.8 Å². The van der Waals surface area contributed by atoms with Crippen LogP contribution in [0, 0.1) is 5.41 Å². The molecule has 2 heterocycles. The second-order valence-corrected chi connectivity index (χ2v) is 7.96. The van der Waals surface area contributed by atoms with Crippen LogP contribution in [0.15, 0.2) is 51.8 Å². The fourth-order valence-corrected chi connectivity index (χ4v) is 4.57. The van der Waals surface area contributed by atoms with E-state index in [9.17, 15) is 9.90 Å². The molecule has 1 aromatic heterocycles. The van der Waals surface area contributed by atoms with Crippen molar-refractivity contribution in [1.29, 1.82) is 0 Å².